The lowest BCUT2D eigenvalue weighted by Crippen LogP contribution is -2.10. The molecule has 0 saturated heterocycles. The minimum Gasteiger partial charge on any atom is -0.478 e. The van der Waals surface area contributed by atoms with Crippen molar-refractivity contribution < 1.29 is 24.5 Å². The number of aliphatic hydroxyl groups is 1. The molecule has 0 unspecified atom stereocenters. The van der Waals surface area contributed by atoms with Crippen LogP contribution in [0.4, 0.5) is 0 Å². The molecule has 5 heteroatoms. The maximum atomic E-state index is 11.1. The van der Waals surface area contributed by atoms with Crippen LogP contribution in [0.25, 0.3) is 0 Å². The number of aliphatic hydroxyl groups excluding tert-OH is 1. The van der Waals surface area contributed by atoms with Crippen molar-refractivity contribution in [1.29, 1.82) is 0 Å². The average molecular weight is 214 g/mol. The molecule has 0 rings (SSSR count). The number of carboxylic acid groups (broad SMARTS) is 1. The molecule has 0 aliphatic carbocycles. The second-order valence-electron chi connectivity index (χ2n) is 2.86. The molecule has 5 nitrogen and oxygen atoms in total. The first-order chi connectivity index (χ1) is 6.99. The van der Waals surface area contributed by atoms with Crippen LogP contribution in [0.15, 0.2) is 23.8 Å². The summed E-state index contributed by atoms with van der Waals surface area (Å²) in [6, 6.07) is 0. The lowest BCUT2D eigenvalue weighted by atomic mass is 10.1. The van der Waals surface area contributed by atoms with Gasteiger partial charge in [0.15, 0.2) is 0 Å². The molecule has 15 heavy (non-hydrogen) atoms. The van der Waals surface area contributed by atoms with Gasteiger partial charge in [-0.3, -0.25) is 0 Å². The number of hydrogen-bond donors (Lipinski definition) is 2. The van der Waals surface area contributed by atoms with Gasteiger partial charge in [-0.15, -0.1) is 0 Å². The molecule has 0 aromatic rings. The van der Waals surface area contributed by atoms with Crippen LogP contribution in [-0.2, 0) is 14.3 Å². The van der Waals surface area contributed by atoms with Gasteiger partial charge in [0.25, 0.3) is 0 Å². The molecule has 0 amide bonds. The van der Waals surface area contributed by atoms with Crippen molar-refractivity contribution in [3.05, 3.63) is 23.8 Å². The molecule has 0 fully saturated rings. The third-order valence-electron chi connectivity index (χ3n) is 1.61. The fraction of sp³-hybridized carbons (Fsp3) is 0.400. The Morgan fingerprint density at radius 3 is 2.53 bits per heavy atom. The number of esters is 1. The lowest BCUT2D eigenvalue weighted by molar-refractivity contribution is -0.140. The SMILES string of the molecule is C=C(CC=C(C)C(=O)O)C(=O)OCCO. The van der Waals surface area contributed by atoms with Gasteiger partial charge >= 0.3 is 11.9 Å². The first kappa shape index (κ1) is 13.4. The van der Waals surface area contributed by atoms with Gasteiger partial charge in [-0.1, -0.05) is 12.7 Å². The zero-order chi connectivity index (χ0) is 11.8. The van der Waals surface area contributed by atoms with E-state index < -0.39 is 11.9 Å². The van der Waals surface area contributed by atoms with Crippen LogP contribution >= 0.6 is 0 Å². The third-order valence-corrected chi connectivity index (χ3v) is 1.61. The van der Waals surface area contributed by atoms with Gasteiger partial charge in [-0.25, -0.2) is 9.59 Å². The van der Waals surface area contributed by atoms with E-state index in [1.165, 1.54) is 13.0 Å². The maximum absolute atomic E-state index is 11.1. The summed E-state index contributed by atoms with van der Waals surface area (Å²) in [7, 11) is 0. The Morgan fingerprint density at radius 1 is 1.47 bits per heavy atom. The average Bonchev–Trinajstić information content (AvgIpc) is 2.21. The fourth-order valence-corrected chi connectivity index (χ4v) is 0.687. The number of ether oxygens (including phenoxy) is 1. The summed E-state index contributed by atoms with van der Waals surface area (Å²) in [4.78, 5) is 21.5. The standard InChI is InChI=1S/C10H14O5/c1-7(9(12)13)3-4-8(2)10(14)15-6-5-11/h3,11H,2,4-6H2,1H3,(H,12,13). The van der Waals surface area contributed by atoms with E-state index in [9.17, 15) is 9.59 Å². The van der Waals surface area contributed by atoms with Crippen LogP contribution in [0.1, 0.15) is 13.3 Å². The van der Waals surface area contributed by atoms with Crippen LogP contribution in [-0.4, -0.2) is 35.4 Å². The van der Waals surface area contributed by atoms with Crippen LogP contribution in [0.2, 0.25) is 0 Å². The molecule has 0 aromatic carbocycles. The van der Waals surface area contributed by atoms with Crippen LogP contribution in [0, 0.1) is 0 Å². The summed E-state index contributed by atoms with van der Waals surface area (Å²) in [6.45, 7) is 4.54. The summed E-state index contributed by atoms with van der Waals surface area (Å²) in [5, 5.41) is 16.9. The van der Waals surface area contributed by atoms with Crippen molar-refractivity contribution >= 4 is 11.9 Å². The predicted octanol–water partition coefficient (Wildman–Crippen LogP) is 0.499. The number of carboxylic acids is 1. The van der Waals surface area contributed by atoms with E-state index in [0.29, 0.717) is 0 Å². The highest BCUT2D eigenvalue weighted by atomic mass is 16.5. The van der Waals surface area contributed by atoms with Crippen molar-refractivity contribution in [3.8, 4) is 0 Å². The quantitative estimate of drug-likeness (QED) is 0.497. The number of aliphatic carboxylic acids is 1. The minimum atomic E-state index is -1.04. The highest BCUT2D eigenvalue weighted by Gasteiger charge is 2.07. The molecule has 0 aliphatic heterocycles. The molecule has 0 aromatic heterocycles. The summed E-state index contributed by atoms with van der Waals surface area (Å²) in [5.41, 5.74) is 0.301. The molecule has 84 valence electrons. The van der Waals surface area contributed by atoms with E-state index in [0.717, 1.165) is 0 Å². The maximum Gasteiger partial charge on any atom is 0.333 e. The Hall–Kier alpha value is -1.62. The molecule has 0 saturated carbocycles. The molecule has 0 atom stereocenters. The Kier molecular flexibility index (Phi) is 6.05. The van der Waals surface area contributed by atoms with E-state index >= 15 is 0 Å². The van der Waals surface area contributed by atoms with Crippen LogP contribution in [0.5, 0.6) is 0 Å². The lowest BCUT2D eigenvalue weighted by Gasteiger charge is -2.03. The van der Waals surface area contributed by atoms with Crippen molar-refractivity contribution in [2.75, 3.05) is 13.2 Å². The molecule has 0 heterocycles. The van der Waals surface area contributed by atoms with Gasteiger partial charge in [0.1, 0.15) is 6.61 Å². The van der Waals surface area contributed by atoms with E-state index in [4.69, 9.17) is 10.2 Å². The molecular formula is C10H14O5. The first-order valence-corrected chi connectivity index (χ1v) is 4.34. The Labute approximate surface area is 87.7 Å². The topological polar surface area (TPSA) is 83.8 Å². The molecular weight excluding hydrogens is 200 g/mol. The second-order valence-corrected chi connectivity index (χ2v) is 2.86. The molecule has 0 spiro atoms. The Balaban J connectivity index is 4.09. The number of carbonyl (C=O) groups is 2. The van der Waals surface area contributed by atoms with Crippen molar-refractivity contribution in [2.24, 2.45) is 0 Å². The molecule has 2 N–H and O–H groups in total. The Bertz CT molecular complexity index is 290. The zero-order valence-corrected chi connectivity index (χ0v) is 8.52. The van der Waals surface area contributed by atoms with Gasteiger partial charge in [-0.05, 0) is 13.3 Å². The zero-order valence-electron chi connectivity index (χ0n) is 8.52. The third kappa shape index (κ3) is 5.64. The van der Waals surface area contributed by atoms with Gasteiger partial charge < -0.3 is 14.9 Å². The van der Waals surface area contributed by atoms with Gasteiger partial charge in [0.05, 0.1) is 6.61 Å². The van der Waals surface area contributed by atoms with Gasteiger partial charge in [0.2, 0.25) is 0 Å². The molecule has 0 aliphatic rings. The monoisotopic (exact) mass is 214 g/mol. The van der Waals surface area contributed by atoms with E-state index in [2.05, 4.69) is 11.3 Å². The summed E-state index contributed by atoms with van der Waals surface area (Å²) in [5.74, 6) is -1.66. The fourth-order valence-electron chi connectivity index (χ4n) is 0.687. The van der Waals surface area contributed by atoms with Gasteiger partial charge in [-0.2, -0.15) is 0 Å². The summed E-state index contributed by atoms with van der Waals surface area (Å²) < 4.78 is 4.58. The highest BCUT2D eigenvalue weighted by Crippen LogP contribution is 2.05. The van der Waals surface area contributed by atoms with E-state index in [1.54, 1.807) is 0 Å². The minimum absolute atomic E-state index is 0.0838. The van der Waals surface area contributed by atoms with Crippen molar-refractivity contribution in [3.63, 3.8) is 0 Å². The van der Waals surface area contributed by atoms with Crippen LogP contribution in [0.3, 0.4) is 0 Å². The van der Waals surface area contributed by atoms with Crippen molar-refractivity contribution in [2.45, 2.75) is 13.3 Å². The number of rotatable bonds is 6. The van der Waals surface area contributed by atoms with Crippen LogP contribution < -0.4 is 0 Å². The first-order valence-electron chi connectivity index (χ1n) is 4.34. The number of carbonyl (C=O) groups excluding carboxylic acids is 1. The molecule has 0 radical (unpaired) electrons. The predicted molar refractivity (Wildman–Crippen MR) is 53.2 cm³/mol. The van der Waals surface area contributed by atoms with E-state index in [1.807, 2.05) is 0 Å². The molecule has 0 bridgehead atoms. The van der Waals surface area contributed by atoms with E-state index in [-0.39, 0.29) is 30.8 Å². The normalized spacial score (nSPS) is 10.9. The summed E-state index contributed by atoms with van der Waals surface area (Å²) >= 11 is 0. The smallest absolute Gasteiger partial charge is 0.333 e. The number of allylic oxidation sites excluding steroid dienone is 1. The second kappa shape index (κ2) is 6.78. The number of hydrogen-bond acceptors (Lipinski definition) is 4. The summed E-state index contributed by atoms with van der Waals surface area (Å²) in [6.07, 6.45) is 1.51. The van der Waals surface area contributed by atoms with Gasteiger partial charge in [0, 0.05) is 11.1 Å². The highest BCUT2D eigenvalue weighted by molar-refractivity contribution is 5.89. The Morgan fingerprint density at radius 2 is 2.07 bits per heavy atom. The van der Waals surface area contributed by atoms with Crippen molar-refractivity contribution in [1.82, 2.24) is 0 Å². The largest absolute Gasteiger partial charge is 0.478 e.